The van der Waals surface area contributed by atoms with E-state index in [9.17, 15) is 14.7 Å². The maximum absolute atomic E-state index is 13.2. The van der Waals surface area contributed by atoms with Crippen LogP contribution in [-0.4, -0.2) is 23.4 Å². The van der Waals surface area contributed by atoms with E-state index in [1.165, 1.54) is 4.90 Å². The summed E-state index contributed by atoms with van der Waals surface area (Å²) in [6.45, 7) is 4.36. The molecule has 1 N–H and O–H groups in total. The SMILES string of the molecule is CCOc1ccc(C2/C(=C(\O)c3ccc(Br)cc3)C(=O)C(=O)N2c2cccc(C)c2)cc1. The van der Waals surface area contributed by atoms with Gasteiger partial charge in [-0.15, -0.1) is 0 Å². The van der Waals surface area contributed by atoms with Crippen molar-refractivity contribution in [1.82, 2.24) is 0 Å². The summed E-state index contributed by atoms with van der Waals surface area (Å²) in [7, 11) is 0. The smallest absolute Gasteiger partial charge is 0.300 e. The zero-order chi connectivity index (χ0) is 22.8. The minimum absolute atomic E-state index is 0.0583. The Hall–Kier alpha value is -3.38. The van der Waals surface area contributed by atoms with Crippen molar-refractivity contribution in [3.63, 3.8) is 0 Å². The summed E-state index contributed by atoms with van der Waals surface area (Å²) in [4.78, 5) is 27.8. The monoisotopic (exact) mass is 491 g/mol. The molecule has 3 aromatic rings. The highest BCUT2D eigenvalue weighted by Crippen LogP contribution is 2.42. The van der Waals surface area contributed by atoms with Crippen molar-refractivity contribution < 1.29 is 19.4 Å². The van der Waals surface area contributed by atoms with E-state index in [4.69, 9.17) is 4.74 Å². The van der Waals surface area contributed by atoms with E-state index >= 15 is 0 Å². The minimum Gasteiger partial charge on any atom is -0.507 e. The van der Waals surface area contributed by atoms with Gasteiger partial charge in [0.05, 0.1) is 18.2 Å². The molecule has 1 unspecified atom stereocenters. The minimum atomic E-state index is -0.767. The topological polar surface area (TPSA) is 66.8 Å². The van der Waals surface area contributed by atoms with Crippen LogP contribution in [0.15, 0.2) is 82.8 Å². The molecule has 0 bridgehead atoms. The largest absolute Gasteiger partial charge is 0.507 e. The van der Waals surface area contributed by atoms with Gasteiger partial charge in [0.25, 0.3) is 11.7 Å². The normalized spacial score (nSPS) is 17.6. The predicted molar refractivity (Wildman–Crippen MR) is 128 cm³/mol. The molecule has 1 fully saturated rings. The molecule has 1 heterocycles. The first kappa shape index (κ1) is 21.8. The first-order valence-electron chi connectivity index (χ1n) is 10.3. The van der Waals surface area contributed by atoms with Crippen LogP contribution in [0.5, 0.6) is 5.75 Å². The molecule has 0 saturated carbocycles. The molecule has 1 saturated heterocycles. The number of nitrogens with zero attached hydrogens (tertiary/aromatic N) is 1. The molecule has 4 rings (SSSR count). The van der Waals surface area contributed by atoms with Gasteiger partial charge in [0.15, 0.2) is 0 Å². The Morgan fingerprint density at radius 3 is 2.34 bits per heavy atom. The van der Waals surface area contributed by atoms with Crippen molar-refractivity contribution in [3.05, 3.63) is 99.5 Å². The molecule has 0 aromatic heterocycles. The molecule has 1 amide bonds. The lowest BCUT2D eigenvalue weighted by atomic mass is 9.95. The average molecular weight is 492 g/mol. The van der Waals surface area contributed by atoms with Crippen molar-refractivity contribution in [3.8, 4) is 5.75 Å². The molecule has 6 heteroatoms. The maximum atomic E-state index is 13.2. The fourth-order valence-corrected chi connectivity index (χ4v) is 4.13. The number of ether oxygens (including phenoxy) is 1. The van der Waals surface area contributed by atoms with Gasteiger partial charge >= 0.3 is 0 Å². The average Bonchev–Trinajstić information content (AvgIpc) is 3.05. The third-order valence-electron chi connectivity index (χ3n) is 5.35. The second-order valence-electron chi connectivity index (χ2n) is 7.52. The Balaban J connectivity index is 1.91. The van der Waals surface area contributed by atoms with Gasteiger partial charge < -0.3 is 9.84 Å². The van der Waals surface area contributed by atoms with Crippen LogP contribution in [0.25, 0.3) is 5.76 Å². The molecular weight excluding hydrogens is 470 g/mol. The lowest BCUT2D eigenvalue weighted by Gasteiger charge is -2.26. The van der Waals surface area contributed by atoms with Crippen LogP contribution in [0.1, 0.15) is 29.7 Å². The Labute approximate surface area is 195 Å². The number of Topliss-reactive ketones (excluding diaryl/α,β-unsaturated/α-hetero) is 1. The van der Waals surface area contributed by atoms with E-state index in [1.54, 1.807) is 42.5 Å². The lowest BCUT2D eigenvalue weighted by molar-refractivity contribution is -0.132. The summed E-state index contributed by atoms with van der Waals surface area (Å²) >= 11 is 3.38. The third kappa shape index (κ3) is 4.06. The van der Waals surface area contributed by atoms with Crippen molar-refractivity contribution in [1.29, 1.82) is 0 Å². The number of aliphatic hydroxyl groups excluding tert-OH is 1. The lowest BCUT2D eigenvalue weighted by Crippen LogP contribution is -2.29. The zero-order valence-corrected chi connectivity index (χ0v) is 19.3. The number of ketones is 1. The van der Waals surface area contributed by atoms with Gasteiger partial charge in [-0.1, -0.05) is 52.3 Å². The fraction of sp³-hybridized carbons (Fsp3) is 0.154. The van der Waals surface area contributed by atoms with Crippen LogP contribution in [0.4, 0.5) is 5.69 Å². The number of anilines is 1. The first-order chi connectivity index (χ1) is 15.4. The van der Waals surface area contributed by atoms with Gasteiger partial charge in [-0.25, -0.2) is 0 Å². The van der Waals surface area contributed by atoms with Crippen molar-refractivity contribution >= 4 is 39.1 Å². The molecule has 0 radical (unpaired) electrons. The molecule has 0 spiro atoms. The van der Waals surface area contributed by atoms with Crippen LogP contribution >= 0.6 is 15.9 Å². The van der Waals surface area contributed by atoms with Gasteiger partial charge in [0, 0.05) is 15.7 Å². The van der Waals surface area contributed by atoms with Crippen LogP contribution in [0, 0.1) is 6.92 Å². The number of benzene rings is 3. The number of carbonyl (C=O) groups excluding carboxylic acids is 2. The highest BCUT2D eigenvalue weighted by atomic mass is 79.9. The van der Waals surface area contributed by atoms with E-state index in [0.29, 0.717) is 29.2 Å². The molecule has 32 heavy (non-hydrogen) atoms. The number of carbonyl (C=O) groups is 2. The van der Waals surface area contributed by atoms with Gasteiger partial charge in [-0.05, 0) is 61.4 Å². The highest BCUT2D eigenvalue weighted by Gasteiger charge is 2.47. The second kappa shape index (κ2) is 9.01. The molecule has 5 nitrogen and oxygen atoms in total. The molecular formula is C26H22BrNO4. The van der Waals surface area contributed by atoms with Crippen molar-refractivity contribution in [2.75, 3.05) is 11.5 Å². The summed E-state index contributed by atoms with van der Waals surface area (Å²) in [5, 5.41) is 11.1. The molecule has 1 aliphatic rings. The van der Waals surface area contributed by atoms with Gasteiger partial charge in [0.1, 0.15) is 11.5 Å². The van der Waals surface area contributed by atoms with E-state index < -0.39 is 17.7 Å². The van der Waals surface area contributed by atoms with Gasteiger partial charge in [0.2, 0.25) is 0 Å². The Kier molecular flexibility index (Phi) is 6.15. The number of hydrogen-bond donors (Lipinski definition) is 1. The number of hydrogen-bond acceptors (Lipinski definition) is 4. The Morgan fingerprint density at radius 2 is 1.72 bits per heavy atom. The van der Waals surface area contributed by atoms with E-state index in [2.05, 4.69) is 15.9 Å². The molecule has 3 aromatic carbocycles. The van der Waals surface area contributed by atoms with E-state index in [0.717, 1.165) is 10.0 Å². The van der Waals surface area contributed by atoms with E-state index in [-0.39, 0.29) is 11.3 Å². The zero-order valence-electron chi connectivity index (χ0n) is 17.7. The number of aliphatic hydroxyl groups is 1. The highest BCUT2D eigenvalue weighted by molar-refractivity contribution is 9.10. The number of amides is 1. The summed E-state index contributed by atoms with van der Waals surface area (Å²) < 4.78 is 6.38. The molecule has 1 atom stereocenters. The standard InChI is InChI=1S/C26H22BrNO4/c1-3-32-21-13-9-17(10-14-21)23-22(24(29)18-7-11-19(27)12-8-18)25(30)26(31)28(23)20-6-4-5-16(2)15-20/h4-15,23,29H,3H2,1-2H3/b24-22+. The number of halogens is 1. The van der Waals surface area contributed by atoms with Crippen molar-refractivity contribution in [2.24, 2.45) is 0 Å². The Morgan fingerprint density at radius 1 is 1.03 bits per heavy atom. The summed E-state index contributed by atoms with van der Waals surface area (Å²) in [5.74, 6) is -0.902. The van der Waals surface area contributed by atoms with Gasteiger partial charge in [-0.3, -0.25) is 14.5 Å². The maximum Gasteiger partial charge on any atom is 0.300 e. The first-order valence-corrected chi connectivity index (χ1v) is 11.1. The summed E-state index contributed by atoms with van der Waals surface area (Å²) in [5.41, 5.74) is 2.78. The van der Waals surface area contributed by atoms with Crippen LogP contribution in [0.2, 0.25) is 0 Å². The quantitative estimate of drug-likeness (QED) is 0.279. The predicted octanol–water partition coefficient (Wildman–Crippen LogP) is 5.78. The van der Waals surface area contributed by atoms with Crippen LogP contribution in [-0.2, 0) is 9.59 Å². The van der Waals surface area contributed by atoms with Crippen molar-refractivity contribution in [2.45, 2.75) is 19.9 Å². The summed E-state index contributed by atoms with van der Waals surface area (Å²) in [6, 6.07) is 20.8. The van der Waals surface area contributed by atoms with Crippen LogP contribution in [0.3, 0.4) is 0 Å². The molecule has 162 valence electrons. The summed E-state index contributed by atoms with van der Waals surface area (Å²) in [6.07, 6.45) is 0. The second-order valence-corrected chi connectivity index (χ2v) is 8.43. The van der Waals surface area contributed by atoms with Crippen LogP contribution < -0.4 is 9.64 Å². The fourth-order valence-electron chi connectivity index (χ4n) is 3.87. The van der Waals surface area contributed by atoms with E-state index in [1.807, 2.05) is 44.2 Å². The van der Waals surface area contributed by atoms with Gasteiger partial charge in [-0.2, -0.15) is 0 Å². The molecule has 0 aliphatic carbocycles. The number of aryl methyl sites for hydroxylation is 1. The number of rotatable bonds is 5. The Bertz CT molecular complexity index is 1200. The third-order valence-corrected chi connectivity index (χ3v) is 5.88. The molecule has 1 aliphatic heterocycles.